The van der Waals surface area contributed by atoms with Gasteiger partial charge in [-0.05, 0) is 25.8 Å². The van der Waals surface area contributed by atoms with Crippen LogP contribution in [0.15, 0.2) is 0 Å². The van der Waals surface area contributed by atoms with Gasteiger partial charge in [-0.3, -0.25) is 9.59 Å². The Labute approximate surface area is 142 Å². The highest BCUT2D eigenvalue weighted by atomic mass is 35.5. The fourth-order valence-corrected chi connectivity index (χ4v) is 3.91. The van der Waals surface area contributed by atoms with Crippen LogP contribution < -0.4 is 5.32 Å². The van der Waals surface area contributed by atoms with Crippen molar-refractivity contribution >= 4 is 51.4 Å². The lowest BCUT2D eigenvalue weighted by molar-refractivity contribution is -0.120. The van der Waals surface area contributed by atoms with Crippen molar-refractivity contribution in [2.75, 3.05) is 19.4 Å². The second-order valence-corrected chi connectivity index (χ2v) is 8.24. The average Bonchev–Trinajstić information content (AvgIpc) is 2.79. The molecule has 0 unspecified atom stereocenters. The monoisotopic (exact) mass is 359 g/mol. The van der Waals surface area contributed by atoms with E-state index >= 15 is 0 Å². The molecule has 0 radical (unpaired) electrons. The molecule has 8 heteroatoms. The summed E-state index contributed by atoms with van der Waals surface area (Å²) in [5, 5.41) is 12.3. The number of alkyl halides is 2. The molecule has 118 valence electrons. The first kappa shape index (κ1) is 17.1. The lowest BCUT2D eigenvalue weighted by atomic mass is 10.1. The van der Waals surface area contributed by atoms with Crippen LogP contribution in [0.5, 0.6) is 0 Å². The summed E-state index contributed by atoms with van der Waals surface area (Å²) in [4.78, 5) is 26.3. The van der Waals surface area contributed by atoms with Gasteiger partial charge in [0.15, 0.2) is 0 Å². The van der Waals surface area contributed by atoms with Crippen LogP contribution in [-0.4, -0.2) is 35.1 Å². The molecular weight excluding hydrogens is 345 g/mol. The normalized spacial score (nSPS) is 21.9. The Kier molecular flexibility index (Phi) is 4.20. The summed E-state index contributed by atoms with van der Waals surface area (Å²) < 4.78 is -1.08. The Morgan fingerprint density at radius 1 is 1.41 bits per heavy atom. The molecule has 1 heterocycles. The zero-order chi connectivity index (χ0) is 16.9. The van der Waals surface area contributed by atoms with Crippen molar-refractivity contribution in [3.63, 3.8) is 0 Å². The number of hydrogen-bond acceptors (Lipinski definition) is 4. The Morgan fingerprint density at radius 2 is 1.95 bits per heavy atom. The van der Waals surface area contributed by atoms with Crippen LogP contribution in [0, 0.1) is 23.7 Å². The summed E-state index contributed by atoms with van der Waals surface area (Å²) in [5.74, 6) is -0.555. The quantitative estimate of drug-likeness (QED) is 0.842. The molecule has 5 nitrogen and oxygen atoms in total. The SMILES string of the molecule is Cc1c(C(=O)N(C)C)sc(NC(=O)[C@]2(C)CC2(Cl)Cl)c1C#N. The predicted octanol–water partition coefficient (Wildman–Crippen LogP) is 3.15. The number of anilines is 1. The van der Waals surface area contributed by atoms with E-state index in [1.807, 2.05) is 6.07 Å². The molecule has 0 aliphatic heterocycles. The van der Waals surface area contributed by atoms with E-state index in [2.05, 4.69) is 5.32 Å². The minimum absolute atomic E-state index is 0.207. The number of thiophene rings is 1. The van der Waals surface area contributed by atoms with Gasteiger partial charge in [0.25, 0.3) is 5.91 Å². The topological polar surface area (TPSA) is 73.2 Å². The van der Waals surface area contributed by atoms with Gasteiger partial charge in [0, 0.05) is 14.1 Å². The van der Waals surface area contributed by atoms with E-state index in [0.29, 0.717) is 27.4 Å². The second kappa shape index (κ2) is 5.41. The lowest BCUT2D eigenvalue weighted by Crippen LogP contribution is -2.25. The number of carbonyl (C=O) groups is 2. The summed E-state index contributed by atoms with van der Waals surface area (Å²) in [5.41, 5.74) is -0.0279. The summed E-state index contributed by atoms with van der Waals surface area (Å²) in [7, 11) is 3.26. The third-order valence-electron chi connectivity index (χ3n) is 3.85. The Morgan fingerprint density at radius 3 is 2.36 bits per heavy atom. The summed E-state index contributed by atoms with van der Waals surface area (Å²) in [6.45, 7) is 3.36. The molecule has 2 rings (SSSR count). The number of nitrogens with one attached hydrogen (secondary N) is 1. The number of rotatable bonds is 3. The highest BCUT2D eigenvalue weighted by Crippen LogP contribution is 2.64. The molecule has 1 saturated carbocycles. The van der Waals surface area contributed by atoms with E-state index in [-0.39, 0.29) is 11.8 Å². The molecule has 0 bridgehead atoms. The van der Waals surface area contributed by atoms with E-state index in [4.69, 9.17) is 23.2 Å². The minimum Gasteiger partial charge on any atom is -0.344 e. The fraction of sp³-hybridized carbons (Fsp3) is 0.500. The van der Waals surface area contributed by atoms with E-state index in [9.17, 15) is 14.9 Å². The minimum atomic E-state index is -1.08. The fourth-order valence-electron chi connectivity index (χ4n) is 2.03. The molecule has 0 spiro atoms. The van der Waals surface area contributed by atoms with Gasteiger partial charge in [-0.15, -0.1) is 34.5 Å². The molecule has 0 aromatic carbocycles. The van der Waals surface area contributed by atoms with Gasteiger partial charge in [0.2, 0.25) is 5.91 Å². The maximum Gasteiger partial charge on any atom is 0.263 e. The Balaban J connectivity index is 2.33. The zero-order valence-electron chi connectivity index (χ0n) is 12.6. The molecular formula is C14H15Cl2N3O2S. The van der Waals surface area contributed by atoms with Crippen LogP contribution in [0.25, 0.3) is 0 Å². The van der Waals surface area contributed by atoms with Crippen molar-refractivity contribution in [1.82, 2.24) is 4.90 Å². The molecule has 1 atom stereocenters. The highest BCUT2D eigenvalue weighted by Gasteiger charge is 2.68. The van der Waals surface area contributed by atoms with Crippen molar-refractivity contribution in [3.05, 3.63) is 16.0 Å². The van der Waals surface area contributed by atoms with E-state index in [0.717, 1.165) is 11.3 Å². The number of nitrogens with zero attached hydrogens (tertiary/aromatic N) is 2. The molecule has 1 fully saturated rings. The molecule has 1 aromatic rings. The van der Waals surface area contributed by atoms with Crippen LogP contribution >= 0.6 is 34.5 Å². The summed E-state index contributed by atoms with van der Waals surface area (Å²) >= 11 is 13.1. The third kappa shape index (κ3) is 2.58. The van der Waals surface area contributed by atoms with Crippen molar-refractivity contribution < 1.29 is 9.59 Å². The highest BCUT2D eigenvalue weighted by molar-refractivity contribution is 7.18. The van der Waals surface area contributed by atoms with Crippen LogP contribution in [-0.2, 0) is 4.79 Å². The maximum atomic E-state index is 12.3. The molecule has 22 heavy (non-hydrogen) atoms. The molecule has 1 aromatic heterocycles. The predicted molar refractivity (Wildman–Crippen MR) is 87.6 cm³/mol. The standard InChI is InChI=1S/C14H15Cl2N3O2S/c1-7-8(5-17)10(22-9(7)11(20)19(3)4)18-12(21)13(2)6-14(13,15)16/h6H2,1-4H3,(H,18,21)/t13-/m0/s1. The Hall–Kier alpha value is -1.29. The van der Waals surface area contributed by atoms with Gasteiger partial charge >= 0.3 is 0 Å². The maximum absolute atomic E-state index is 12.3. The van der Waals surface area contributed by atoms with E-state index in [1.54, 1.807) is 27.9 Å². The molecule has 1 N–H and O–H groups in total. The zero-order valence-corrected chi connectivity index (χ0v) is 14.9. The number of nitriles is 1. The van der Waals surface area contributed by atoms with Gasteiger partial charge < -0.3 is 10.2 Å². The van der Waals surface area contributed by atoms with Gasteiger partial charge in [0.05, 0.1) is 15.9 Å². The van der Waals surface area contributed by atoms with Crippen LogP contribution in [0.1, 0.15) is 34.1 Å². The number of amides is 2. The molecule has 0 saturated heterocycles. The first-order chi connectivity index (χ1) is 10.0. The molecule has 1 aliphatic carbocycles. The second-order valence-electron chi connectivity index (χ2n) is 5.74. The molecule has 2 amide bonds. The van der Waals surface area contributed by atoms with Crippen molar-refractivity contribution in [1.29, 1.82) is 5.26 Å². The summed E-state index contributed by atoms with van der Waals surface area (Å²) in [6.07, 6.45) is 0.352. The van der Waals surface area contributed by atoms with E-state index in [1.165, 1.54) is 4.90 Å². The van der Waals surface area contributed by atoms with E-state index < -0.39 is 9.75 Å². The van der Waals surface area contributed by atoms with Gasteiger partial charge in [-0.2, -0.15) is 5.26 Å². The lowest BCUT2D eigenvalue weighted by Gasteiger charge is -2.11. The van der Waals surface area contributed by atoms with Crippen LogP contribution in [0.2, 0.25) is 0 Å². The van der Waals surface area contributed by atoms with Gasteiger partial charge in [-0.1, -0.05) is 0 Å². The van der Waals surface area contributed by atoms with Crippen molar-refractivity contribution in [2.24, 2.45) is 5.41 Å². The third-order valence-corrected chi connectivity index (χ3v) is 6.14. The smallest absolute Gasteiger partial charge is 0.263 e. The van der Waals surface area contributed by atoms with Crippen LogP contribution in [0.4, 0.5) is 5.00 Å². The number of carbonyl (C=O) groups excluding carboxylic acids is 2. The van der Waals surface area contributed by atoms with Gasteiger partial charge in [-0.25, -0.2) is 0 Å². The van der Waals surface area contributed by atoms with Crippen molar-refractivity contribution in [2.45, 2.75) is 24.6 Å². The number of hydrogen-bond donors (Lipinski definition) is 1. The molecule has 1 aliphatic rings. The first-order valence-corrected chi connectivity index (χ1v) is 8.07. The average molecular weight is 360 g/mol. The van der Waals surface area contributed by atoms with Gasteiger partial charge in [0.1, 0.15) is 15.4 Å². The first-order valence-electron chi connectivity index (χ1n) is 6.49. The van der Waals surface area contributed by atoms with Crippen molar-refractivity contribution in [3.8, 4) is 6.07 Å². The summed E-state index contributed by atoms with van der Waals surface area (Å²) in [6, 6.07) is 2.03. The Bertz CT molecular complexity index is 706. The van der Waals surface area contributed by atoms with Crippen LogP contribution in [0.3, 0.4) is 0 Å². The largest absolute Gasteiger partial charge is 0.344 e. The number of halogens is 2.